The second-order valence-electron chi connectivity index (χ2n) is 10.2. The molecular weight excluding hydrogens is 496 g/mol. The molecule has 0 saturated carbocycles. The van der Waals surface area contributed by atoms with E-state index in [1.165, 1.54) is 27.0 Å². The summed E-state index contributed by atoms with van der Waals surface area (Å²) in [7, 11) is 0. The van der Waals surface area contributed by atoms with Gasteiger partial charge in [-0.25, -0.2) is 9.97 Å². The maximum atomic E-state index is 6.27. The molecule has 0 N–H and O–H groups in total. The van der Waals surface area contributed by atoms with Crippen molar-refractivity contribution in [3.05, 3.63) is 82.2 Å². The van der Waals surface area contributed by atoms with Gasteiger partial charge in [0.25, 0.3) is 0 Å². The predicted molar refractivity (Wildman–Crippen MR) is 155 cm³/mol. The Hall–Kier alpha value is -2.45. The lowest BCUT2D eigenvalue weighted by Crippen LogP contribution is -2.48. The van der Waals surface area contributed by atoms with Crippen LogP contribution >= 0.6 is 23.1 Å². The zero-order valence-corrected chi connectivity index (χ0v) is 23.4. The van der Waals surface area contributed by atoms with Gasteiger partial charge < -0.3 is 9.64 Å². The first-order valence-corrected chi connectivity index (χ1v) is 15.2. The fraction of sp³-hybridized carbons (Fsp3) is 0.400. The summed E-state index contributed by atoms with van der Waals surface area (Å²) in [5, 5.41) is 2.12. The SMILES string of the molecule is CCC1(C)Cc2c(sc3nc(SC)nc(N4CCN(C(c5ccccc5)c5ccccc5)CC4)c23)CO1. The summed E-state index contributed by atoms with van der Waals surface area (Å²) in [6, 6.07) is 22.1. The number of thiophene rings is 1. The summed E-state index contributed by atoms with van der Waals surface area (Å²) in [5.74, 6) is 1.11. The number of benzene rings is 2. The largest absolute Gasteiger partial charge is 0.369 e. The van der Waals surface area contributed by atoms with E-state index in [9.17, 15) is 0 Å². The highest BCUT2D eigenvalue weighted by atomic mass is 32.2. The van der Waals surface area contributed by atoms with Crippen molar-refractivity contribution in [2.75, 3.05) is 37.3 Å². The van der Waals surface area contributed by atoms with E-state index < -0.39 is 0 Å². The van der Waals surface area contributed by atoms with Gasteiger partial charge in [0.15, 0.2) is 5.16 Å². The molecule has 37 heavy (non-hydrogen) atoms. The van der Waals surface area contributed by atoms with Crippen LogP contribution < -0.4 is 4.90 Å². The smallest absolute Gasteiger partial charge is 0.190 e. The average Bonchev–Trinajstić information content (AvgIpc) is 3.31. The second kappa shape index (κ2) is 10.4. The first-order chi connectivity index (χ1) is 18.1. The van der Waals surface area contributed by atoms with E-state index in [-0.39, 0.29) is 11.6 Å². The van der Waals surface area contributed by atoms with Crippen molar-refractivity contribution in [2.24, 2.45) is 0 Å². The highest BCUT2D eigenvalue weighted by molar-refractivity contribution is 7.98. The van der Waals surface area contributed by atoms with Gasteiger partial charge in [0.2, 0.25) is 0 Å². The zero-order valence-electron chi connectivity index (χ0n) is 21.8. The lowest BCUT2D eigenvalue weighted by Gasteiger charge is -2.40. The fourth-order valence-electron chi connectivity index (χ4n) is 5.66. The van der Waals surface area contributed by atoms with Crippen LogP contribution in [0.1, 0.15) is 47.9 Å². The van der Waals surface area contributed by atoms with E-state index in [0.29, 0.717) is 6.61 Å². The Kier molecular flexibility index (Phi) is 6.97. The van der Waals surface area contributed by atoms with Crippen LogP contribution in [0.4, 0.5) is 5.82 Å². The van der Waals surface area contributed by atoms with Crippen LogP contribution in [0.5, 0.6) is 0 Å². The number of anilines is 1. The van der Waals surface area contributed by atoms with E-state index in [4.69, 9.17) is 14.7 Å². The topological polar surface area (TPSA) is 41.5 Å². The van der Waals surface area contributed by atoms with Gasteiger partial charge in [-0.2, -0.15) is 0 Å². The Morgan fingerprint density at radius 2 is 1.62 bits per heavy atom. The molecule has 5 nitrogen and oxygen atoms in total. The summed E-state index contributed by atoms with van der Waals surface area (Å²) in [6.07, 6.45) is 4.00. The molecule has 1 atom stereocenters. The quantitative estimate of drug-likeness (QED) is 0.208. The maximum Gasteiger partial charge on any atom is 0.190 e. The Morgan fingerprint density at radius 1 is 0.973 bits per heavy atom. The Balaban J connectivity index is 1.32. The van der Waals surface area contributed by atoms with Gasteiger partial charge in [0.05, 0.1) is 23.6 Å². The predicted octanol–water partition coefficient (Wildman–Crippen LogP) is 6.57. The molecule has 2 aliphatic heterocycles. The Morgan fingerprint density at radius 3 is 2.22 bits per heavy atom. The molecule has 2 aromatic heterocycles. The molecule has 1 fully saturated rings. The summed E-state index contributed by atoms with van der Waals surface area (Å²) >= 11 is 3.42. The van der Waals surface area contributed by atoms with Crippen LogP contribution in [-0.2, 0) is 17.8 Å². The molecule has 2 aliphatic rings. The standard InChI is InChI=1S/C30H34N4OS2/c1-4-30(2)19-23-24(20-35-30)37-28-25(23)27(31-29(32-28)36-3)34-17-15-33(16-18-34)26(21-11-7-5-8-12-21)22-13-9-6-10-14-22/h5-14,26H,4,15-20H2,1-3H3. The van der Waals surface area contributed by atoms with Crippen LogP contribution in [-0.4, -0.2) is 52.9 Å². The van der Waals surface area contributed by atoms with Crippen LogP contribution in [0.2, 0.25) is 0 Å². The van der Waals surface area contributed by atoms with Gasteiger partial charge in [-0.05, 0) is 36.3 Å². The van der Waals surface area contributed by atoms with E-state index in [2.05, 4.69) is 90.6 Å². The zero-order chi connectivity index (χ0) is 25.4. The number of nitrogens with zero attached hydrogens (tertiary/aromatic N) is 4. The van der Waals surface area contributed by atoms with Crippen LogP contribution in [0.3, 0.4) is 0 Å². The minimum absolute atomic E-state index is 0.117. The second-order valence-corrected chi connectivity index (χ2v) is 12.1. The number of rotatable bonds is 6. The molecule has 4 aromatic rings. The third-order valence-corrected chi connectivity index (χ3v) is 9.58. The van der Waals surface area contributed by atoms with Crippen LogP contribution in [0, 0.1) is 0 Å². The van der Waals surface area contributed by atoms with Crippen molar-refractivity contribution < 1.29 is 4.74 Å². The highest BCUT2D eigenvalue weighted by Gasteiger charge is 2.35. The maximum absolute atomic E-state index is 6.27. The third kappa shape index (κ3) is 4.78. The van der Waals surface area contributed by atoms with Gasteiger partial charge in [-0.1, -0.05) is 79.3 Å². The number of thioether (sulfide) groups is 1. The first-order valence-electron chi connectivity index (χ1n) is 13.2. The Labute approximate surface area is 227 Å². The summed E-state index contributed by atoms with van der Waals surface area (Å²) in [6.45, 7) is 9.00. The molecule has 0 radical (unpaired) electrons. The van der Waals surface area contributed by atoms with E-state index >= 15 is 0 Å². The normalized spacial score (nSPS) is 20.5. The number of hydrogen-bond acceptors (Lipinski definition) is 7. The molecule has 0 aliphatic carbocycles. The van der Waals surface area contributed by atoms with Gasteiger partial charge >= 0.3 is 0 Å². The van der Waals surface area contributed by atoms with Crippen LogP contribution in [0.15, 0.2) is 65.8 Å². The van der Waals surface area contributed by atoms with Gasteiger partial charge in [-0.3, -0.25) is 4.90 Å². The summed E-state index contributed by atoms with van der Waals surface area (Å²) in [4.78, 5) is 17.6. The molecule has 7 heteroatoms. The number of aromatic nitrogens is 2. The molecule has 0 spiro atoms. The molecule has 6 rings (SSSR count). The fourth-order valence-corrected chi connectivity index (χ4v) is 7.17. The van der Waals surface area contributed by atoms with Crippen molar-refractivity contribution in [3.8, 4) is 0 Å². The summed E-state index contributed by atoms with van der Waals surface area (Å²) in [5.41, 5.74) is 3.99. The third-order valence-electron chi connectivity index (χ3n) is 7.94. The van der Waals surface area contributed by atoms with E-state index in [0.717, 1.165) is 54.8 Å². The first kappa shape index (κ1) is 24.9. The van der Waals surface area contributed by atoms with Gasteiger partial charge in [0.1, 0.15) is 10.6 Å². The van der Waals surface area contributed by atoms with E-state index in [1.807, 2.05) is 0 Å². The number of hydrogen-bond donors (Lipinski definition) is 0. The lowest BCUT2D eigenvalue weighted by molar-refractivity contribution is -0.0543. The molecule has 1 saturated heterocycles. The average molecular weight is 531 g/mol. The molecule has 4 heterocycles. The minimum Gasteiger partial charge on any atom is -0.369 e. The Bertz CT molecular complexity index is 1330. The van der Waals surface area contributed by atoms with Crippen molar-refractivity contribution >= 4 is 39.1 Å². The summed E-state index contributed by atoms with van der Waals surface area (Å²) < 4.78 is 6.27. The van der Waals surface area contributed by atoms with Gasteiger partial charge in [0, 0.05) is 37.5 Å². The number of ether oxygens (including phenoxy) is 1. The minimum atomic E-state index is -0.117. The molecule has 0 bridgehead atoms. The number of fused-ring (bicyclic) bond motifs is 3. The molecular formula is C30H34N4OS2. The lowest BCUT2D eigenvalue weighted by atomic mass is 9.90. The molecule has 2 aromatic carbocycles. The van der Waals surface area contributed by atoms with Crippen molar-refractivity contribution in [1.29, 1.82) is 0 Å². The molecule has 1 unspecified atom stereocenters. The molecule has 192 valence electrons. The monoisotopic (exact) mass is 530 g/mol. The van der Waals surface area contributed by atoms with Crippen molar-refractivity contribution in [1.82, 2.24) is 14.9 Å². The van der Waals surface area contributed by atoms with E-state index in [1.54, 1.807) is 23.1 Å². The van der Waals surface area contributed by atoms with Crippen molar-refractivity contribution in [2.45, 2.75) is 50.1 Å². The highest BCUT2D eigenvalue weighted by Crippen LogP contribution is 2.43. The van der Waals surface area contributed by atoms with Crippen LogP contribution in [0.25, 0.3) is 10.2 Å². The number of piperazine rings is 1. The van der Waals surface area contributed by atoms with Crippen molar-refractivity contribution in [3.63, 3.8) is 0 Å². The van der Waals surface area contributed by atoms with Gasteiger partial charge in [-0.15, -0.1) is 11.3 Å². The molecule has 0 amide bonds.